The topological polar surface area (TPSA) is 179 Å². The first kappa shape index (κ1) is 42.4. The Morgan fingerprint density at radius 2 is 1.42 bits per heavy atom. The van der Waals surface area contributed by atoms with Gasteiger partial charge >= 0.3 is 6.09 Å². The molecule has 0 aliphatic carbocycles. The van der Waals surface area contributed by atoms with E-state index in [2.05, 4.69) is 26.3 Å². The maximum atomic E-state index is 14.2. The van der Waals surface area contributed by atoms with Crippen LogP contribution >= 0.6 is 0 Å². The summed E-state index contributed by atoms with van der Waals surface area (Å²) < 4.78 is 5.49. The number of ether oxygens (including phenoxy) is 1. The Labute approximate surface area is 323 Å². The molecule has 0 bridgehead atoms. The summed E-state index contributed by atoms with van der Waals surface area (Å²) in [6.07, 6.45) is 0.428. The highest BCUT2D eigenvalue weighted by Crippen LogP contribution is 2.20. The third-order valence-electron chi connectivity index (χ3n) is 9.68. The molecule has 4 amide bonds. The second-order valence-corrected chi connectivity index (χ2v) is 14.4. The predicted octanol–water partition coefficient (Wildman–Crippen LogP) is 4.60. The van der Waals surface area contributed by atoms with E-state index < -0.39 is 54.1 Å². The van der Waals surface area contributed by atoms with Gasteiger partial charge in [0.05, 0.1) is 31.2 Å². The fraction of sp³-hybridized carbons (Fsp3) is 0.419. The average Bonchev–Trinajstić information content (AvgIpc) is 3.18. The van der Waals surface area contributed by atoms with Crippen LogP contribution in [0.3, 0.4) is 0 Å². The lowest BCUT2D eigenvalue weighted by atomic mass is 9.95. The van der Waals surface area contributed by atoms with Crippen LogP contribution in [-0.4, -0.2) is 75.9 Å². The molecule has 0 aliphatic heterocycles. The number of carbonyl (C=O) groups excluding carboxylic acids is 4. The zero-order valence-corrected chi connectivity index (χ0v) is 32.1. The Morgan fingerprint density at radius 1 is 0.745 bits per heavy atom. The number of alkyl carbamates (subject to hydrolysis) is 1. The molecule has 1 heterocycles. The Kier molecular flexibility index (Phi) is 16.6. The van der Waals surface area contributed by atoms with Crippen LogP contribution in [-0.2, 0) is 38.6 Å². The van der Waals surface area contributed by atoms with E-state index in [4.69, 9.17) is 4.74 Å². The number of fused-ring (bicyclic) bond motifs is 1. The number of benzene rings is 3. The number of nitrogens with zero attached hydrogens (tertiary/aromatic N) is 1. The molecule has 6 N–H and O–H groups in total. The highest BCUT2D eigenvalue weighted by Gasteiger charge is 2.32. The summed E-state index contributed by atoms with van der Waals surface area (Å²) in [6.45, 7) is 7.51. The molecule has 294 valence electrons. The lowest BCUT2D eigenvalue weighted by Crippen LogP contribution is -2.57. The van der Waals surface area contributed by atoms with Crippen LogP contribution < -0.4 is 21.3 Å². The SMILES string of the molecule is CC[C@H](C)[C@@H](CO)NC(=O)C[C@H](O)[C@H](CC(C)C)NC(=O)C(Cc1ccccn1)NC(=O)[C@H](Cc1cccc2ccccc12)NC(=O)OCc1ccccc1. The minimum atomic E-state index is -1.26. The monoisotopic (exact) mass is 753 g/mol. The Bertz CT molecular complexity index is 1820. The first-order chi connectivity index (χ1) is 26.5. The van der Waals surface area contributed by atoms with E-state index in [0.29, 0.717) is 12.1 Å². The van der Waals surface area contributed by atoms with Crippen molar-refractivity contribution < 1.29 is 34.1 Å². The Balaban J connectivity index is 1.57. The molecule has 3 aromatic carbocycles. The van der Waals surface area contributed by atoms with E-state index in [1.165, 1.54) is 0 Å². The van der Waals surface area contributed by atoms with Crippen LogP contribution in [0, 0.1) is 11.8 Å². The fourth-order valence-corrected chi connectivity index (χ4v) is 6.37. The molecular formula is C43H55N5O7. The highest BCUT2D eigenvalue weighted by molar-refractivity contribution is 5.93. The second-order valence-electron chi connectivity index (χ2n) is 14.4. The van der Waals surface area contributed by atoms with Gasteiger partial charge in [-0.05, 0) is 52.3 Å². The first-order valence-corrected chi connectivity index (χ1v) is 19.0. The largest absolute Gasteiger partial charge is 0.445 e. The lowest BCUT2D eigenvalue weighted by Gasteiger charge is -2.29. The Hall–Kier alpha value is -5.33. The average molecular weight is 754 g/mol. The van der Waals surface area contributed by atoms with E-state index in [-0.39, 0.29) is 44.3 Å². The normalized spacial score (nSPS) is 14.5. The maximum absolute atomic E-state index is 14.2. The molecule has 1 unspecified atom stereocenters. The van der Waals surface area contributed by atoms with Crippen molar-refractivity contribution in [1.82, 2.24) is 26.3 Å². The second kappa shape index (κ2) is 21.5. The van der Waals surface area contributed by atoms with Crippen LogP contribution in [0.1, 0.15) is 63.8 Å². The van der Waals surface area contributed by atoms with Crippen molar-refractivity contribution in [3.63, 3.8) is 0 Å². The molecule has 55 heavy (non-hydrogen) atoms. The van der Waals surface area contributed by atoms with Crippen molar-refractivity contribution in [3.8, 4) is 0 Å². The number of aliphatic hydroxyl groups excluding tert-OH is 2. The predicted molar refractivity (Wildman–Crippen MR) is 212 cm³/mol. The van der Waals surface area contributed by atoms with Crippen molar-refractivity contribution in [1.29, 1.82) is 0 Å². The zero-order valence-electron chi connectivity index (χ0n) is 32.1. The van der Waals surface area contributed by atoms with Crippen LogP contribution in [0.25, 0.3) is 10.8 Å². The van der Waals surface area contributed by atoms with Crippen molar-refractivity contribution in [2.45, 2.75) is 96.7 Å². The number of hydrogen-bond donors (Lipinski definition) is 6. The number of hydrogen-bond acceptors (Lipinski definition) is 8. The minimum absolute atomic E-state index is 0.00410. The van der Waals surface area contributed by atoms with E-state index in [1.807, 2.05) is 100 Å². The van der Waals surface area contributed by atoms with E-state index in [0.717, 1.165) is 28.3 Å². The third-order valence-corrected chi connectivity index (χ3v) is 9.68. The van der Waals surface area contributed by atoms with E-state index in [9.17, 15) is 29.4 Å². The molecule has 0 fully saturated rings. The summed E-state index contributed by atoms with van der Waals surface area (Å²) in [7, 11) is 0. The number of aromatic nitrogens is 1. The van der Waals surface area contributed by atoms with Crippen molar-refractivity contribution >= 4 is 34.6 Å². The molecule has 0 saturated heterocycles. The van der Waals surface area contributed by atoms with Gasteiger partial charge in [0.1, 0.15) is 18.7 Å². The molecule has 0 spiro atoms. The van der Waals surface area contributed by atoms with Gasteiger partial charge in [0.25, 0.3) is 0 Å². The summed E-state index contributed by atoms with van der Waals surface area (Å²) >= 11 is 0. The molecular weight excluding hydrogens is 699 g/mol. The molecule has 4 rings (SSSR count). The van der Waals surface area contributed by atoms with Crippen LogP contribution in [0.5, 0.6) is 0 Å². The molecule has 0 aliphatic rings. The van der Waals surface area contributed by atoms with Crippen LogP contribution in [0.2, 0.25) is 0 Å². The first-order valence-electron chi connectivity index (χ1n) is 19.0. The van der Waals surface area contributed by atoms with Gasteiger partial charge in [-0.25, -0.2) is 4.79 Å². The van der Waals surface area contributed by atoms with Crippen LogP contribution in [0.15, 0.2) is 97.2 Å². The molecule has 12 nitrogen and oxygen atoms in total. The maximum Gasteiger partial charge on any atom is 0.408 e. The van der Waals surface area contributed by atoms with Crippen molar-refractivity contribution in [2.24, 2.45) is 11.8 Å². The van der Waals surface area contributed by atoms with Gasteiger partial charge in [-0.1, -0.05) is 113 Å². The van der Waals surface area contributed by atoms with Gasteiger partial charge in [-0.2, -0.15) is 0 Å². The number of pyridine rings is 1. The van der Waals surface area contributed by atoms with Gasteiger partial charge in [-0.15, -0.1) is 0 Å². The highest BCUT2D eigenvalue weighted by atomic mass is 16.5. The molecule has 4 aromatic rings. The summed E-state index contributed by atoms with van der Waals surface area (Å²) in [5.74, 6) is -1.60. The van der Waals surface area contributed by atoms with Gasteiger partial charge in [0.15, 0.2) is 0 Å². The molecule has 0 radical (unpaired) electrons. The van der Waals surface area contributed by atoms with Crippen LogP contribution in [0.4, 0.5) is 4.79 Å². The summed E-state index contributed by atoms with van der Waals surface area (Å²) in [5.41, 5.74) is 2.12. The van der Waals surface area contributed by atoms with Crippen molar-refractivity contribution in [2.75, 3.05) is 6.61 Å². The lowest BCUT2D eigenvalue weighted by molar-refractivity contribution is -0.131. The van der Waals surface area contributed by atoms with E-state index in [1.54, 1.807) is 24.4 Å². The Morgan fingerprint density at radius 3 is 2.11 bits per heavy atom. The van der Waals surface area contributed by atoms with Gasteiger partial charge in [-0.3, -0.25) is 19.4 Å². The van der Waals surface area contributed by atoms with Gasteiger partial charge in [0.2, 0.25) is 17.7 Å². The third kappa shape index (κ3) is 13.5. The number of aliphatic hydroxyl groups is 2. The molecule has 6 atom stereocenters. The number of carbonyl (C=O) groups is 4. The molecule has 0 saturated carbocycles. The quantitative estimate of drug-likeness (QED) is 0.0758. The number of nitrogens with one attached hydrogen (secondary N) is 4. The zero-order chi connectivity index (χ0) is 39.7. The van der Waals surface area contributed by atoms with Crippen molar-refractivity contribution in [3.05, 3.63) is 114 Å². The standard InChI is InChI=1S/C43H55N5O7/c1-5-29(4)38(26-49)45-40(51)25-39(50)35(22-28(2)3)46-42(53)37(24-33-19-11-12-21-44-33)47-41(52)36(48-43(54)55-27-30-14-7-6-8-15-30)23-32-18-13-17-31-16-9-10-20-34(31)32/h6-21,28-29,35-39,49-50H,5,22-27H2,1-4H3,(H,45,51)(H,46,53)(H,47,52)(H,48,54)/t29-,35-,36-,37?,38+,39-/m0/s1. The number of amides is 4. The van der Waals surface area contributed by atoms with Gasteiger partial charge in [0, 0.05) is 24.7 Å². The summed E-state index contributed by atoms with van der Waals surface area (Å²) in [5, 5.41) is 34.2. The van der Waals surface area contributed by atoms with E-state index >= 15 is 0 Å². The fourth-order valence-electron chi connectivity index (χ4n) is 6.37. The van der Waals surface area contributed by atoms with Gasteiger partial charge < -0.3 is 36.2 Å². The number of rotatable bonds is 20. The smallest absolute Gasteiger partial charge is 0.408 e. The minimum Gasteiger partial charge on any atom is -0.445 e. The molecule has 12 heteroatoms. The molecule has 1 aromatic heterocycles. The summed E-state index contributed by atoms with van der Waals surface area (Å²) in [6, 6.07) is 24.3. The summed E-state index contributed by atoms with van der Waals surface area (Å²) in [4.78, 5) is 58.9.